The third-order valence-electron chi connectivity index (χ3n) is 5.05. The van der Waals surface area contributed by atoms with Gasteiger partial charge in [-0.15, -0.1) is 0 Å². The molecule has 1 saturated heterocycles. The summed E-state index contributed by atoms with van der Waals surface area (Å²) in [6, 6.07) is 0.321. The Labute approximate surface area is 134 Å². The van der Waals surface area contributed by atoms with Crippen LogP contribution in [0.4, 0.5) is 0 Å². The molecule has 5 heteroatoms. The van der Waals surface area contributed by atoms with Crippen molar-refractivity contribution < 1.29 is 4.79 Å². The molecule has 0 spiro atoms. The molecule has 0 bridgehead atoms. The van der Waals surface area contributed by atoms with Gasteiger partial charge in [-0.25, -0.2) is 0 Å². The Hall–Kier alpha value is -0.680. The number of hydrogen-bond acceptors (Lipinski definition) is 3. The zero-order valence-electron chi connectivity index (χ0n) is 13.4. The molecule has 2 rings (SSSR count). The van der Waals surface area contributed by atoms with E-state index in [2.05, 4.69) is 23.9 Å². The summed E-state index contributed by atoms with van der Waals surface area (Å²) in [6.45, 7) is 1.79. The maximum Gasteiger partial charge on any atom is 0.235 e. The zero-order chi connectivity index (χ0) is 15.5. The number of amides is 1. The molecule has 1 saturated carbocycles. The summed E-state index contributed by atoms with van der Waals surface area (Å²) >= 11 is 5.35. The smallest absolute Gasteiger partial charge is 0.235 e. The molecule has 1 aliphatic heterocycles. The lowest BCUT2D eigenvalue weighted by Crippen LogP contribution is -2.53. The monoisotopic (exact) mass is 311 g/mol. The molecule has 0 aromatic heterocycles. The van der Waals surface area contributed by atoms with Crippen LogP contribution in [0.25, 0.3) is 0 Å². The summed E-state index contributed by atoms with van der Waals surface area (Å²) in [5.74, 6) is 0.209. The van der Waals surface area contributed by atoms with Crippen molar-refractivity contribution in [3.05, 3.63) is 0 Å². The van der Waals surface area contributed by atoms with E-state index in [4.69, 9.17) is 18.0 Å². The van der Waals surface area contributed by atoms with Gasteiger partial charge in [0, 0.05) is 19.1 Å². The largest absolute Gasteiger partial charge is 0.392 e. The molecule has 2 N–H and O–H groups in total. The van der Waals surface area contributed by atoms with E-state index in [9.17, 15) is 4.79 Å². The fourth-order valence-corrected chi connectivity index (χ4v) is 4.18. The second kappa shape index (κ2) is 7.05. The van der Waals surface area contributed by atoms with Crippen molar-refractivity contribution in [2.75, 3.05) is 27.2 Å². The molecule has 1 unspecified atom stereocenters. The summed E-state index contributed by atoms with van der Waals surface area (Å²) in [6.07, 6.45) is 8.38. The van der Waals surface area contributed by atoms with Crippen molar-refractivity contribution in [2.24, 2.45) is 11.1 Å². The molecule has 0 radical (unpaired) electrons. The molecular formula is C16H29N3OS. The van der Waals surface area contributed by atoms with Gasteiger partial charge in [-0.2, -0.15) is 0 Å². The summed E-state index contributed by atoms with van der Waals surface area (Å²) in [4.78, 5) is 17.9. The fourth-order valence-electron chi connectivity index (χ4n) is 3.89. The Morgan fingerprint density at radius 3 is 2.38 bits per heavy atom. The highest BCUT2D eigenvalue weighted by Gasteiger charge is 2.46. The minimum atomic E-state index is -0.569. The van der Waals surface area contributed by atoms with Crippen LogP contribution in [-0.4, -0.2) is 53.9 Å². The third-order valence-corrected chi connectivity index (χ3v) is 5.44. The van der Waals surface area contributed by atoms with Gasteiger partial charge in [-0.3, -0.25) is 4.79 Å². The van der Waals surface area contributed by atoms with E-state index in [1.165, 1.54) is 12.8 Å². The highest BCUT2D eigenvalue weighted by molar-refractivity contribution is 7.80. The Balaban J connectivity index is 2.19. The van der Waals surface area contributed by atoms with Crippen molar-refractivity contribution in [3.63, 3.8) is 0 Å². The summed E-state index contributed by atoms with van der Waals surface area (Å²) in [5.41, 5.74) is 5.49. The fraction of sp³-hybridized carbons (Fsp3) is 0.875. The highest BCUT2D eigenvalue weighted by atomic mass is 32.1. The Morgan fingerprint density at radius 2 is 1.86 bits per heavy atom. The first-order valence-electron chi connectivity index (χ1n) is 8.23. The van der Waals surface area contributed by atoms with Crippen LogP contribution in [0.3, 0.4) is 0 Å². The minimum Gasteiger partial charge on any atom is -0.392 e. The molecule has 2 fully saturated rings. The molecular weight excluding hydrogens is 282 g/mol. The van der Waals surface area contributed by atoms with Crippen molar-refractivity contribution in [2.45, 2.75) is 57.4 Å². The first-order chi connectivity index (χ1) is 9.97. The Morgan fingerprint density at radius 1 is 1.24 bits per heavy atom. The van der Waals surface area contributed by atoms with Gasteiger partial charge in [-0.05, 0) is 39.8 Å². The molecule has 1 heterocycles. The van der Waals surface area contributed by atoms with E-state index in [0.717, 1.165) is 51.6 Å². The number of rotatable bonds is 4. The average Bonchev–Trinajstić information content (AvgIpc) is 2.72. The van der Waals surface area contributed by atoms with Gasteiger partial charge in [0.1, 0.15) is 0 Å². The molecule has 1 aliphatic carbocycles. The first-order valence-corrected chi connectivity index (χ1v) is 8.64. The lowest BCUT2D eigenvalue weighted by atomic mass is 9.78. The van der Waals surface area contributed by atoms with Gasteiger partial charge < -0.3 is 15.5 Å². The van der Waals surface area contributed by atoms with Crippen molar-refractivity contribution in [1.82, 2.24) is 9.80 Å². The van der Waals surface area contributed by atoms with E-state index in [-0.39, 0.29) is 5.91 Å². The summed E-state index contributed by atoms with van der Waals surface area (Å²) in [5, 5.41) is 0. The highest BCUT2D eigenvalue weighted by Crippen LogP contribution is 2.39. The molecule has 21 heavy (non-hydrogen) atoms. The number of nitrogens with two attached hydrogens (primary N) is 1. The Bertz CT molecular complexity index is 389. The standard InChI is InChI=1S/C16H29N3OS/c1-18(2)12-13-8-7-11-19(13)15(20)16(14(17)21)9-5-3-4-6-10-16/h13H,3-12H2,1-2H3,(H2,17,21). The van der Waals surface area contributed by atoms with Crippen LogP contribution in [0.5, 0.6) is 0 Å². The van der Waals surface area contributed by atoms with Gasteiger partial charge in [0.2, 0.25) is 5.91 Å². The number of carbonyl (C=O) groups is 1. The topological polar surface area (TPSA) is 49.6 Å². The number of likely N-dealkylation sites (tertiary alicyclic amines) is 1. The number of carbonyl (C=O) groups excluding carboxylic acids is 1. The van der Waals surface area contributed by atoms with E-state index < -0.39 is 5.41 Å². The number of hydrogen-bond donors (Lipinski definition) is 1. The van der Waals surface area contributed by atoms with Crippen LogP contribution in [0.15, 0.2) is 0 Å². The first kappa shape index (κ1) is 16.7. The van der Waals surface area contributed by atoms with E-state index in [1.54, 1.807) is 0 Å². The van der Waals surface area contributed by atoms with Crippen LogP contribution in [0, 0.1) is 5.41 Å². The molecule has 1 amide bonds. The molecule has 4 nitrogen and oxygen atoms in total. The molecule has 1 atom stereocenters. The third kappa shape index (κ3) is 3.57. The maximum absolute atomic E-state index is 13.2. The average molecular weight is 311 g/mol. The lowest BCUT2D eigenvalue weighted by molar-refractivity contribution is -0.140. The van der Waals surface area contributed by atoms with Gasteiger partial charge in [-0.1, -0.05) is 37.9 Å². The van der Waals surface area contributed by atoms with Crippen molar-refractivity contribution in [1.29, 1.82) is 0 Å². The SMILES string of the molecule is CN(C)CC1CCCN1C(=O)C1(C(N)=S)CCCCCC1. The van der Waals surface area contributed by atoms with Gasteiger partial charge >= 0.3 is 0 Å². The van der Waals surface area contributed by atoms with Crippen molar-refractivity contribution >= 4 is 23.1 Å². The van der Waals surface area contributed by atoms with Crippen LogP contribution in [-0.2, 0) is 4.79 Å². The second-order valence-electron chi connectivity index (χ2n) is 6.92. The minimum absolute atomic E-state index is 0.209. The van der Waals surface area contributed by atoms with Gasteiger partial charge in [0.05, 0.1) is 10.4 Å². The van der Waals surface area contributed by atoms with Crippen molar-refractivity contribution in [3.8, 4) is 0 Å². The molecule has 2 aliphatic rings. The van der Waals surface area contributed by atoms with Crippen LogP contribution >= 0.6 is 12.2 Å². The quantitative estimate of drug-likeness (QED) is 0.638. The van der Waals surface area contributed by atoms with Gasteiger partial charge in [0.15, 0.2) is 0 Å². The number of likely N-dealkylation sites (N-methyl/N-ethyl adjacent to an activating group) is 1. The predicted octanol–water partition coefficient (Wildman–Crippen LogP) is 2.17. The van der Waals surface area contributed by atoms with Crippen LogP contribution in [0.2, 0.25) is 0 Å². The molecule has 0 aromatic carbocycles. The van der Waals surface area contributed by atoms with E-state index in [0.29, 0.717) is 11.0 Å². The van der Waals surface area contributed by atoms with E-state index >= 15 is 0 Å². The predicted molar refractivity (Wildman–Crippen MR) is 90.2 cm³/mol. The molecule has 0 aromatic rings. The number of nitrogens with zero attached hydrogens (tertiary/aromatic N) is 2. The van der Waals surface area contributed by atoms with Crippen LogP contribution in [0.1, 0.15) is 51.4 Å². The Kier molecular flexibility index (Phi) is 5.60. The number of thiocarbonyl (C=S) groups is 1. The molecule has 120 valence electrons. The lowest BCUT2D eigenvalue weighted by Gasteiger charge is -2.37. The summed E-state index contributed by atoms with van der Waals surface area (Å²) < 4.78 is 0. The second-order valence-corrected chi connectivity index (χ2v) is 7.36. The van der Waals surface area contributed by atoms with Gasteiger partial charge in [0.25, 0.3) is 0 Å². The summed E-state index contributed by atoms with van der Waals surface area (Å²) in [7, 11) is 4.13. The normalized spacial score (nSPS) is 25.9. The van der Waals surface area contributed by atoms with E-state index in [1.807, 2.05) is 0 Å². The van der Waals surface area contributed by atoms with Crippen LogP contribution < -0.4 is 5.73 Å². The maximum atomic E-state index is 13.2. The zero-order valence-corrected chi connectivity index (χ0v) is 14.3.